The second-order valence-electron chi connectivity index (χ2n) is 4.97. The molecule has 0 N–H and O–H groups in total. The quantitative estimate of drug-likeness (QED) is 0.364. The monoisotopic (exact) mass is 433 g/mol. The van der Waals surface area contributed by atoms with E-state index in [9.17, 15) is 0 Å². The van der Waals surface area contributed by atoms with E-state index in [1.807, 2.05) is 24.3 Å². The summed E-state index contributed by atoms with van der Waals surface area (Å²) in [6.07, 6.45) is 3.12. The summed E-state index contributed by atoms with van der Waals surface area (Å²) in [5.74, 6) is 0.860. The van der Waals surface area contributed by atoms with Gasteiger partial charge in [0.2, 0.25) is 0 Å². The molecule has 0 bridgehead atoms. The molecule has 2 aromatic rings. The smallest absolute Gasteiger partial charge is 0.157 e. The summed E-state index contributed by atoms with van der Waals surface area (Å²) < 4.78 is 11.3. The van der Waals surface area contributed by atoms with Crippen molar-refractivity contribution in [3.63, 3.8) is 0 Å². The van der Waals surface area contributed by atoms with Crippen LogP contribution in [0, 0.1) is 0 Å². The lowest BCUT2D eigenvalue weighted by Crippen LogP contribution is -1.99. The number of hydrogen-bond donors (Lipinski definition) is 0. The predicted octanol–water partition coefficient (Wildman–Crippen LogP) is 6.25. The molecule has 26 heavy (non-hydrogen) atoms. The SMILES string of the molecule is CON=Cc1cccc(COc2c(Cl)cc(OCC=C(Cl)Cl)cc2Cl)c1. The molecule has 0 amide bonds. The summed E-state index contributed by atoms with van der Waals surface area (Å²) in [5.41, 5.74) is 1.82. The molecular formula is C18H15Cl4NO3. The molecule has 0 saturated carbocycles. The van der Waals surface area contributed by atoms with Gasteiger partial charge in [-0.3, -0.25) is 0 Å². The van der Waals surface area contributed by atoms with E-state index in [-0.39, 0.29) is 11.1 Å². The first-order valence-electron chi connectivity index (χ1n) is 7.41. The van der Waals surface area contributed by atoms with Gasteiger partial charge in [-0.05, 0) is 23.3 Å². The first kappa shape index (κ1) is 20.7. The molecule has 0 saturated heterocycles. The lowest BCUT2D eigenvalue weighted by Gasteiger charge is -2.12. The van der Waals surface area contributed by atoms with Gasteiger partial charge >= 0.3 is 0 Å². The fourth-order valence-corrected chi connectivity index (χ4v) is 2.69. The van der Waals surface area contributed by atoms with Gasteiger partial charge < -0.3 is 14.3 Å². The van der Waals surface area contributed by atoms with Gasteiger partial charge in [0.05, 0.1) is 16.3 Å². The molecule has 0 radical (unpaired) electrons. The molecule has 0 unspecified atom stereocenters. The van der Waals surface area contributed by atoms with E-state index >= 15 is 0 Å². The van der Waals surface area contributed by atoms with Crippen LogP contribution in [0.5, 0.6) is 11.5 Å². The zero-order chi connectivity index (χ0) is 18.9. The molecule has 8 heteroatoms. The van der Waals surface area contributed by atoms with E-state index in [4.69, 9.17) is 55.9 Å². The number of rotatable bonds is 8. The summed E-state index contributed by atoms with van der Waals surface area (Å²) in [6, 6.07) is 10.9. The van der Waals surface area contributed by atoms with Crippen molar-refractivity contribution in [3.05, 3.63) is 68.1 Å². The Morgan fingerprint density at radius 1 is 1.08 bits per heavy atom. The summed E-state index contributed by atoms with van der Waals surface area (Å²) in [5, 5.41) is 4.41. The Kier molecular flexibility index (Phi) is 8.39. The van der Waals surface area contributed by atoms with Crippen molar-refractivity contribution in [2.24, 2.45) is 5.16 Å². The van der Waals surface area contributed by atoms with E-state index in [1.54, 1.807) is 18.3 Å². The predicted molar refractivity (Wildman–Crippen MR) is 107 cm³/mol. The Morgan fingerprint density at radius 3 is 2.46 bits per heavy atom. The van der Waals surface area contributed by atoms with Gasteiger partial charge in [-0.25, -0.2) is 0 Å². The molecule has 0 aliphatic rings. The third kappa shape index (κ3) is 6.61. The highest BCUT2D eigenvalue weighted by Gasteiger charge is 2.11. The van der Waals surface area contributed by atoms with E-state index in [2.05, 4.69) is 9.99 Å². The van der Waals surface area contributed by atoms with Gasteiger partial charge in [0, 0.05) is 12.1 Å². The van der Waals surface area contributed by atoms with Gasteiger partial charge in [0.15, 0.2) is 5.75 Å². The maximum Gasteiger partial charge on any atom is 0.157 e. The molecule has 2 aromatic carbocycles. The van der Waals surface area contributed by atoms with Gasteiger partial charge in [0.1, 0.15) is 30.6 Å². The summed E-state index contributed by atoms with van der Waals surface area (Å²) in [7, 11) is 1.49. The number of halogens is 4. The van der Waals surface area contributed by atoms with E-state index in [0.717, 1.165) is 11.1 Å². The molecule has 0 aromatic heterocycles. The average molecular weight is 435 g/mol. The van der Waals surface area contributed by atoms with Crippen LogP contribution in [-0.4, -0.2) is 19.9 Å². The van der Waals surface area contributed by atoms with Crippen LogP contribution in [0.15, 0.2) is 52.1 Å². The van der Waals surface area contributed by atoms with Crippen LogP contribution in [-0.2, 0) is 11.4 Å². The third-order valence-corrected chi connectivity index (χ3v) is 3.97. The van der Waals surface area contributed by atoms with Crippen molar-refractivity contribution in [2.45, 2.75) is 6.61 Å². The molecule has 0 fully saturated rings. The first-order valence-corrected chi connectivity index (χ1v) is 8.92. The molecule has 0 aliphatic heterocycles. The molecular weight excluding hydrogens is 420 g/mol. The number of ether oxygens (including phenoxy) is 2. The fraction of sp³-hybridized carbons (Fsp3) is 0.167. The van der Waals surface area contributed by atoms with Crippen molar-refractivity contribution in [1.29, 1.82) is 0 Å². The lowest BCUT2D eigenvalue weighted by molar-refractivity contribution is 0.215. The van der Waals surface area contributed by atoms with Crippen LogP contribution < -0.4 is 9.47 Å². The number of nitrogens with zero attached hydrogens (tertiary/aromatic N) is 1. The standard InChI is InChI=1S/C18H15Cl4NO3/c1-24-23-10-12-3-2-4-13(7-12)11-26-18-15(19)8-14(9-16(18)20)25-6-5-17(21)22/h2-5,7-10H,6,11H2,1H3. The minimum atomic E-state index is 0.125. The van der Waals surface area contributed by atoms with Crippen molar-refractivity contribution in [3.8, 4) is 11.5 Å². The Balaban J connectivity index is 2.05. The fourth-order valence-electron chi connectivity index (χ4n) is 1.99. The van der Waals surface area contributed by atoms with Gasteiger partial charge in [-0.15, -0.1) is 0 Å². The van der Waals surface area contributed by atoms with Crippen LogP contribution in [0.2, 0.25) is 10.0 Å². The Labute approximate surface area is 171 Å². The second-order valence-corrected chi connectivity index (χ2v) is 6.79. The van der Waals surface area contributed by atoms with Gasteiger partial charge in [-0.2, -0.15) is 0 Å². The Hall–Kier alpha value is -1.59. The van der Waals surface area contributed by atoms with E-state index < -0.39 is 0 Å². The molecule has 0 atom stereocenters. The Morgan fingerprint density at radius 2 is 1.81 bits per heavy atom. The minimum absolute atomic E-state index is 0.125. The summed E-state index contributed by atoms with van der Waals surface area (Å²) in [4.78, 5) is 4.67. The van der Waals surface area contributed by atoms with Crippen LogP contribution in [0.25, 0.3) is 0 Å². The molecule has 2 rings (SSSR count). The van der Waals surface area contributed by atoms with Crippen LogP contribution in [0.3, 0.4) is 0 Å². The van der Waals surface area contributed by atoms with Gasteiger partial charge in [0.25, 0.3) is 0 Å². The highest BCUT2D eigenvalue weighted by atomic mass is 35.5. The summed E-state index contributed by atoms with van der Waals surface area (Å²) >= 11 is 23.6. The molecule has 0 spiro atoms. The number of benzene rings is 2. The molecule has 4 nitrogen and oxygen atoms in total. The third-order valence-electron chi connectivity index (χ3n) is 3.10. The topological polar surface area (TPSA) is 40.0 Å². The van der Waals surface area contributed by atoms with Crippen molar-refractivity contribution in [2.75, 3.05) is 13.7 Å². The zero-order valence-electron chi connectivity index (χ0n) is 13.7. The van der Waals surface area contributed by atoms with Crippen LogP contribution in [0.4, 0.5) is 0 Å². The highest BCUT2D eigenvalue weighted by molar-refractivity contribution is 6.55. The molecule has 0 heterocycles. The van der Waals surface area contributed by atoms with Crippen molar-refractivity contribution in [1.82, 2.24) is 0 Å². The largest absolute Gasteiger partial charge is 0.489 e. The number of oxime groups is 1. The lowest BCUT2D eigenvalue weighted by atomic mass is 10.1. The van der Waals surface area contributed by atoms with Crippen molar-refractivity contribution < 1.29 is 14.3 Å². The number of hydrogen-bond acceptors (Lipinski definition) is 4. The zero-order valence-corrected chi connectivity index (χ0v) is 16.7. The molecule has 138 valence electrons. The minimum Gasteiger partial charge on any atom is -0.489 e. The van der Waals surface area contributed by atoms with E-state index in [1.165, 1.54) is 13.2 Å². The Bertz CT molecular complexity index is 782. The van der Waals surface area contributed by atoms with Crippen molar-refractivity contribution >= 4 is 52.6 Å². The summed E-state index contributed by atoms with van der Waals surface area (Å²) in [6.45, 7) is 0.490. The first-order chi connectivity index (χ1) is 12.5. The van der Waals surface area contributed by atoms with Gasteiger partial charge in [-0.1, -0.05) is 69.8 Å². The van der Waals surface area contributed by atoms with Crippen LogP contribution >= 0.6 is 46.4 Å². The van der Waals surface area contributed by atoms with Crippen LogP contribution in [0.1, 0.15) is 11.1 Å². The maximum atomic E-state index is 6.25. The highest BCUT2D eigenvalue weighted by Crippen LogP contribution is 2.37. The average Bonchev–Trinajstić information content (AvgIpc) is 2.59. The molecule has 0 aliphatic carbocycles. The second kappa shape index (κ2) is 10.5. The normalized spacial score (nSPS) is 10.7. The van der Waals surface area contributed by atoms with E-state index in [0.29, 0.717) is 28.2 Å². The maximum absolute atomic E-state index is 6.25.